The fourth-order valence-electron chi connectivity index (χ4n) is 1.13. The van der Waals surface area contributed by atoms with Crippen molar-refractivity contribution in [3.8, 4) is 0 Å². The standard InChI is InChI=1S/C10H16F3N3O2/c1-6(7(2)14)9-15-8(16-18-9)3-4-17-5-10(11,12)13/h6-7H,3-5,14H2,1-2H3. The molecule has 0 aliphatic heterocycles. The van der Waals surface area contributed by atoms with Crippen molar-refractivity contribution in [1.82, 2.24) is 10.1 Å². The van der Waals surface area contributed by atoms with E-state index in [1.165, 1.54) is 0 Å². The number of ether oxygens (including phenoxy) is 1. The summed E-state index contributed by atoms with van der Waals surface area (Å²) in [4.78, 5) is 4.05. The molecule has 2 atom stereocenters. The van der Waals surface area contributed by atoms with Gasteiger partial charge in [0.1, 0.15) is 6.61 Å². The van der Waals surface area contributed by atoms with Gasteiger partial charge in [-0.1, -0.05) is 12.1 Å². The monoisotopic (exact) mass is 267 g/mol. The van der Waals surface area contributed by atoms with E-state index in [-0.39, 0.29) is 25.0 Å². The van der Waals surface area contributed by atoms with Gasteiger partial charge >= 0.3 is 6.18 Å². The van der Waals surface area contributed by atoms with Gasteiger partial charge < -0.3 is 15.0 Å². The third-order valence-electron chi connectivity index (χ3n) is 2.40. The van der Waals surface area contributed by atoms with Gasteiger partial charge in [-0.3, -0.25) is 0 Å². The normalized spacial score (nSPS) is 15.7. The maximum Gasteiger partial charge on any atom is 0.411 e. The van der Waals surface area contributed by atoms with E-state index in [1.807, 2.05) is 6.92 Å². The summed E-state index contributed by atoms with van der Waals surface area (Å²) in [5.74, 6) is 0.609. The van der Waals surface area contributed by atoms with Gasteiger partial charge in [-0.25, -0.2) is 0 Å². The van der Waals surface area contributed by atoms with Crippen LogP contribution in [0.2, 0.25) is 0 Å². The number of nitrogens with zero attached hydrogens (tertiary/aromatic N) is 2. The predicted molar refractivity (Wildman–Crippen MR) is 56.9 cm³/mol. The largest absolute Gasteiger partial charge is 0.411 e. The second-order valence-electron chi connectivity index (χ2n) is 4.11. The second kappa shape index (κ2) is 6.14. The van der Waals surface area contributed by atoms with E-state index in [2.05, 4.69) is 14.9 Å². The first-order valence-electron chi connectivity index (χ1n) is 5.52. The van der Waals surface area contributed by atoms with E-state index >= 15 is 0 Å². The molecule has 1 rings (SSSR count). The van der Waals surface area contributed by atoms with E-state index in [1.54, 1.807) is 6.92 Å². The van der Waals surface area contributed by atoms with Crippen LogP contribution in [0, 0.1) is 0 Å². The quantitative estimate of drug-likeness (QED) is 0.793. The molecule has 0 aliphatic rings. The van der Waals surface area contributed by atoms with Gasteiger partial charge in [0.05, 0.1) is 12.5 Å². The Morgan fingerprint density at radius 2 is 2.06 bits per heavy atom. The van der Waals surface area contributed by atoms with Gasteiger partial charge in [-0.05, 0) is 6.92 Å². The zero-order valence-corrected chi connectivity index (χ0v) is 10.2. The molecule has 0 aliphatic carbocycles. The number of halogens is 3. The molecular formula is C10H16F3N3O2. The molecule has 2 unspecified atom stereocenters. The summed E-state index contributed by atoms with van der Waals surface area (Å²) in [6.07, 6.45) is -4.14. The topological polar surface area (TPSA) is 74.2 Å². The van der Waals surface area contributed by atoms with E-state index in [0.29, 0.717) is 11.7 Å². The Kier molecular flexibility index (Phi) is 5.09. The maximum absolute atomic E-state index is 11.8. The zero-order chi connectivity index (χ0) is 13.8. The molecule has 1 aromatic heterocycles. The molecule has 0 saturated heterocycles. The molecule has 0 amide bonds. The lowest BCUT2D eigenvalue weighted by molar-refractivity contribution is -0.173. The van der Waals surface area contributed by atoms with Crippen LogP contribution in [0.25, 0.3) is 0 Å². The van der Waals surface area contributed by atoms with Gasteiger partial charge in [0, 0.05) is 12.5 Å². The van der Waals surface area contributed by atoms with E-state index in [0.717, 1.165) is 0 Å². The third kappa shape index (κ3) is 5.01. The van der Waals surface area contributed by atoms with Gasteiger partial charge in [0.2, 0.25) is 5.89 Å². The minimum absolute atomic E-state index is 0.0951. The average Bonchev–Trinajstić information content (AvgIpc) is 2.70. The molecule has 0 radical (unpaired) electrons. The smallest absolute Gasteiger partial charge is 0.372 e. The van der Waals surface area contributed by atoms with Gasteiger partial charge in [0.25, 0.3) is 0 Å². The molecule has 2 N–H and O–H groups in total. The van der Waals surface area contributed by atoms with E-state index < -0.39 is 12.8 Å². The van der Waals surface area contributed by atoms with Crippen LogP contribution in [0.15, 0.2) is 4.52 Å². The van der Waals surface area contributed by atoms with Crippen LogP contribution in [0.4, 0.5) is 13.2 Å². The number of hydrogen-bond donors (Lipinski definition) is 1. The molecule has 18 heavy (non-hydrogen) atoms. The number of rotatable bonds is 6. The number of aromatic nitrogens is 2. The summed E-state index contributed by atoms with van der Waals surface area (Å²) >= 11 is 0. The summed E-state index contributed by atoms with van der Waals surface area (Å²) in [5, 5.41) is 3.65. The molecule has 0 saturated carbocycles. The van der Waals surface area contributed by atoms with Crippen molar-refractivity contribution in [3.05, 3.63) is 11.7 Å². The lowest BCUT2D eigenvalue weighted by Crippen LogP contribution is -2.22. The van der Waals surface area contributed by atoms with Crippen LogP contribution >= 0.6 is 0 Å². The molecule has 1 heterocycles. The summed E-state index contributed by atoms with van der Waals surface area (Å²) in [7, 11) is 0. The van der Waals surface area contributed by atoms with Crippen LogP contribution in [-0.2, 0) is 11.2 Å². The molecule has 5 nitrogen and oxygen atoms in total. The van der Waals surface area contributed by atoms with Crippen LogP contribution in [0.5, 0.6) is 0 Å². The van der Waals surface area contributed by atoms with Crippen molar-refractivity contribution >= 4 is 0 Å². The summed E-state index contributed by atoms with van der Waals surface area (Å²) in [6, 6.07) is -0.139. The van der Waals surface area contributed by atoms with Crippen molar-refractivity contribution in [1.29, 1.82) is 0 Å². The minimum atomic E-state index is -4.31. The lowest BCUT2D eigenvalue weighted by Gasteiger charge is -2.09. The molecular weight excluding hydrogens is 251 g/mol. The van der Waals surface area contributed by atoms with Crippen molar-refractivity contribution < 1.29 is 22.4 Å². The molecule has 0 spiro atoms. The first-order chi connectivity index (χ1) is 8.29. The summed E-state index contributed by atoms with van der Waals surface area (Å²) in [6.45, 7) is 2.27. The first kappa shape index (κ1) is 14.9. The Bertz CT molecular complexity index is 365. The van der Waals surface area contributed by atoms with Crippen LogP contribution in [-0.4, -0.2) is 35.6 Å². The van der Waals surface area contributed by atoms with Crippen LogP contribution in [0.3, 0.4) is 0 Å². The Balaban J connectivity index is 2.36. The molecule has 0 bridgehead atoms. The lowest BCUT2D eigenvalue weighted by atomic mass is 10.1. The second-order valence-corrected chi connectivity index (χ2v) is 4.11. The number of hydrogen-bond acceptors (Lipinski definition) is 5. The van der Waals surface area contributed by atoms with Crippen molar-refractivity contribution in [3.63, 3.8) is 0 Å². The highest BCUT2D eigenvalue weighted by Gasteiger charge is 2.27. The first-order valence-corrected chi connectivity index (χ1v) is 5.52. The van der Waals surface area contributed by atoms with Crippen LogP contribution in [0.1, 0.15) is 31.5 Å². The summed E-state index contributed by atoms with van der Waals surface area (Å²) in [5.41, 5.74) is 5.67. The number of nitrogens with two attached hydrogens (primary N) is 1. The average molecular weight is 267 g/mol. The molecule has 104 valence electrons. The fraction of sp³-hybridized carbons (Fsp3) is 0.800. The predicted octanol–water partition coefficient (Wildman–Crippen LogP) is 1.64. The van der Waals surface area contributed by atoms with Gasteiger partial charge in [-0.15, -0.1) is 0 Å². The van der Waals surface area contributed by atoms with Crippen molar-refractivity contribution in [2.24, 2.45) is 5.73 Å². The Morgan fingerprint density at radius 1 is 1.39 bits per heavy atom. The minimum Gasteiger partial charge on any atom is -0.372 e. The fourth-order valence-corrected chi connectivity index (χ4v) is 1.13. The third-order valence-corrected chi connectivity index (χ3v) is 2.40. The van der Waals surface area contributed by atoms with Gasteiger partial charge in [0.15, 0.2) is 5.82 Å². The van der Waals surface area contributed by atoms with Crippen LogP contribution < -0.4 is 5.73 Å². The Morgan fingerprint density at radius 3 is 2.61 bits per heavy atom. The molecule has 1 aromatic rings. The Labute approximate surface area is 102 Å². The van der Waals surface area contributed by atoms with E-state index in [9.17, 15) is 13.2 Å². The molecule has 8 heteroatoms. The van der Waals surface area contributed by atoms with Gasteiger partial charge in [-0.2, -0.15) is 18.2 Å². The van der Waals surface area contributed by atoms with E-state index in [4.69, 9.17) is 10.3 Å². The molecule has 0 fully saturated rings. The summed E-state index contributed by atoms with van der Waals surface area (Å²) < 4.78 is 44.8. The Hall–Kier alpha value is -1.15. The molecule has 0 aromatic carbocycles. The van der Waals surface area contributed by atoms with Crippen molar-refractivity contribution in [2.75, 3.05) is 13.2 Å². The van der Waals surface area contributed by atoms with Crippen molar-refractivity contribution in [2.45, 2.75) is 38.4 Å². The SMILES string of the molecule is CC(N)C(C)c1nc(CCOCC(F)(F)F)no1. The zero-order valence-electron chi connectivity index (χ0n) is 10.2. The highest BCUT2D eigenvalue weighted by molar-refractivity contribution is 4.95. The number of alkyl halides is 3. The highest BCUT2D eigenvalue weighted by Crippen LogP contribution is 2.16. The highest BCUT2D eigenvalue weighted by atomic mass is 19.4. The maximum atomic E-state index is 11.8.